The lowest BCUT2D eigenvalue weighted by molar-refractivity contribution is -0.145. The highest BCUT2D eigenvalue weighted by atomic mass is 32.1. The molecule has 2 saturated carbocycles. The maximum Gasteiger partial charge on any atom is 0.330 e. The van der Waals surface area contributed by atoms with Gasteiger partial charge in [0.25, 0.3) is 0 Å². The van der Waals surface area contributed by atoms with Crippen molar-refractivity contribution >= 4 is 68.7 Å². The molecule has 0 atom stereocenters. The highest BCUT2D eigenvalue weighted by molar-refractivity contribution is 7.22. The summed E-state index contributed by atoms with van der Waals surface area (Å²) in [6.45, 7) is 9.14. The van der Waals surface area contributed by atoms with Crippen LogP contribution in [0.5, 0.6) is 40.2 Å². The first-order valence-corrected chi connectivity index (χ1v) is 30.7. The molecule has 1 heterocycles. The van der Waals surface area contributed by atoms with Crippen LogP contribution < -0.4 is 38.2 Å². The third kappa shape index (κ3) is 21.0. The number of aromatic nitrogens is 1. The second kappa shape index (κ2) is 34.3. The van der Waals surface area contributed by atoms with E-state index in [0.717, 1.165) is 73.7 Å². The van der Waals surface area contributed by atoms with Crippen molar-refractivity contribution in [3.63, 3.8) is 0 Å². The number of fused-ring (bicyclic) bond motifs is 1. The summed E-state index contributed by atoms with van der Waals surface area (Å²) < 4.78 is 52.4. The number of para-hydroxylation sites is 2. The molecule has 19 heteroatoms. The van der Waals surface area contributed by atoms with Crippen molar-refractivity contribution in [1.29, 1.82) is 0 Å². The molecule has 0 saturated heterocycles. The number of hydrogen-bond donors (Lipinski definition) is 0. The molecule has 2 aliphatic rings. The minimum Gasteiger partial charge on any atom is -0.494 e. The van der Waals surface area contributed by atoms with Gasteiger partial charge in [-0.05, 0) is 194 Å². The SMILES string of the molecule is C=CC(=O)OCCCCCCOc1ccc(OC(=O)[C@H]2CC[C@H](C(=O)Oc3ccc(OC(=O)[C@H]4CC[C@H](C(=O)Oc5ccc(OCCCCCCOC(=O)C=C)cc5)CC4)c(/C=N/N(CCOc4ccccc4)c4nc5ccccc5s4)c3)CC2)cc1. The molecule has 18 nitrogen and oxygen atoms in total. The number of benzene rings is 5. The Kier molecular flexibility index (Phi) is 25.3. The van der Waals surface area contributed by atoms with E-state index in [1.54, 1.807) is 78.0 Å². The maximum atomic E-state index is 14.0. The molecule has 0 spiro atoms. The van der Waals surface area contributed by atoms with Crippen LogP contribution >= 0.6 is 11.3 Å². The summed E-state index contributed by atoms with van der Waals surface area (Å²) in [6, 6.07) is 35.8. The lowest BCUT2D eigenvalue weighted by Crippen LogP contribution is -2.30. The van der Waals surface area contributed by atoms with E-state index >= 15 is 0 Å². The van der Waals surface area contributed by atoms with E-state index < -0.39 is 47.5 Å². The van der Waals surface area contributed by atoms with E-state index in [2.05, 4.69) is 13.2 Å². The van der Waals surface area contributed by atoms with Gasteiger partial charge in [-0.2, -0.15) is 5.10 Å². The molecule has 6 aromatic rings. The summed E-state index contributed by atoms with van der Waals surface area (Å²) in [5.74, 6) is -1.01. The number of carbonyl (C=O) groups is 6. The molecule has 2 aliphatic carbocycles. The summed E-state index contributed by atoms with van der Waals surface area (Å²) >= 11 is 1.46. The second-order valence-corrected chi connectivity index (χ2v) is 22.2. The quantitative estimate of drug-likeness (QED) is 0.00935. The predicted octanol–water partition coefficient (Wildman–Crippen LogP) is 13.2. The predicted molar refractivity (Wildman–Crippen MR) is 329 cm³/mol. The Morgan fingerprint density at radius 2 is 0.885 bits per heavy atom. The van der Waals surface area contributed by atoms with Crippen LogP contribution in [0, 0.1) is 23.7 Å². The van der Waals surface area contributed by atoms with E-state index in [0.29, 0.717) is 124 Å². The van der Waals surface area contributed by atoms with Gasteiger partial charge in [0, 0.05) is 17.7 Å². The van der Waals surface area contributed by atoms with Gasteiger partial charge in [-0.15, -0.1) is 0 Å². The van der Waals surface area contributed by atoms with Crippen LogP contribution in [-0.2, 0) is 38.2 Å². The number of ether oxygens (including phenoxy) is 9. The molecule has 458 valence electrons. The van der Waals surface area contributed by atoms with Gasteiger partial charge in [0.2, 0.25) is 5.13 Å². The fourth-order valence-corrected chi connectivity index (χ4v) is 10.9. The van der Waals surface area contributed by atoms with Gasteiger partial charge in [0.1, 0.15) is 46.9 Å². The van der Waals surface area contributed by atoms with Crippen molar-refractivity contribution in [3.8, 4) is 40.2 Å². The number of unbranched alkanes of at least 4 members (excludes halogenated alkanes) is 6. The van der Waals surface area contributed by atoms with E-state index in [1.807, 2.05) is 54.6 Å². The van der Waals surface area contributed by atoms with E-state index in [4.69, 9.17) is 52.7 Å². The molecule has 0 amide bonds. The van der Waals surface area contributed by atoms with Gasteiger partial charge in [-0.3, -0.25) is 19.2 Å². The Balaban J connectivity index is 0.849. The van der Waals surface area contributed by atoms with Crippen molar-refractivity contribution < 1.29 is 71.4 Å². The van der Waals surface area contributed by atoms with E-state index in [-0.39, 0.29) is 30.0 Å². The molecule has 5 aromatic carbocycles. The lowest BCUT2D eigenvalue weighted by Gasteiger charge is -2.26. The molecule has 0 radical (unpaired) electrons. The van der Waals surface area contributed by atoms with Crippen LogP contribution in [0.15, 0.2) is 152 Å². The third-order valence-electron chi connectivity index (χ3n) is 14.9. The van der Waals surface area contributed by atoms with E-state index in [9.17, 15) is 28.8 Å². The molecule has 2 fully saturated rings. The minimum absolute atomic E-state index is 0.196. The van der Waals surface area contributed by atoms with E-state index in [1.165, 1.54) is 11.3 Å². The highest BCUT2D eigenvalue weighted by Gasteiger charge is 2.34. The van der Waals surface area contributed by atoms with Crippen molar-refractivity contribution in [3.05, 3.63) is 152 Å². The monoisotopic (exact) mass is 1210 g/mol. The zero-order valence-corrected chi connectivity index (χ0v) is 49.7. The number of carbonyl (C=O) groups excluding carboxylic acids is 6. The van der Waals surface area contributed by atoms with Gasteiger partial charge >= 0.3 is 35.8 Å². The second-order valence-electron chi connectivity index (χ2n) is 21.2. The summed E-state index contributed by atoms with van der Waals surface area (Å²) in [6.07, 6.45) is 14.1. The average molecular weight is 1210 g/mol. The highest BCUT2D eigenvalue weighted by Crippen LogP contribution is 2.36. The number of anilines is 1. The summed E-state index contributed by atoms with van der Waals surface area (Å²) in [5, 5.41) is 7.21. The average Bonchev–Trinajstić information content (AvgIpc) is 3.61. The van der Waals surface area contributed by atoms with Crippen molar-refractivity contribution in [1.82, 2.24) is 4.98 Å². The molecule has 0 aliphatic heterocycles. The van der Waals surface area contributed by atoms with Crippen LogP contribution in [0.25, 0.3) is 10.2 Å². The molecule has 8 rings (SSSR count). The first-order valence-electron chi connectivity index (χ1n) is 29.9. The largest absolute Gasteiger partial charge is 0.494 e. The van der Waals surface area contributed by atoms with Gasteiger partial charge in [-0.1, -0.05) is 54.8 Å². The zero-order chi connectivity index (χ0) is 61.0. The summed E-state index contributed by atoms with van der Waals surface area (Å²) in [4.78, 5) is 81.7. The third-order valence-corrected chi connectivity index (χ3v) is 15.9. The Morgan fingerprint density at radius 1 is 0.471 bits per heavy atom. The molecule has 1 aromatic heterocycles. The fraction of sp³-hybridized carbons (Fsp3) is 0.382. The number of rotatable bonds is 33. The van der Waals surface area contributed by atoms with Crippen LogP contribution in [0.2, 0.25) is 0 Å². The van der Waals surface area contributed by atoms with Gasteiger partial charge in [0.05, 0.1) is 73.1 Å². The maximum absolute atomic E-state index is 14.0. The van der Waals surface area contributed by atoms with Gasteiger partial charge < -0.3 is 42.6 Å². The fourth-order valence-electron chi connectivity index (χ4n) is 9.94. The molecule has 0 N–H and O–H groups in total. The van der Waals surface area contributed by atoms with Crippen molar-refractivity contribution in [2.45, 2.75) is 103 Å². The lowest BCUT2D eigenvalue weighted by atomic mass is 9.82. The van der Waals surface area contributed by atoms with Crippen LogP contribution in [0.1, 0.15) is 108 Å². The first-order chi connectivity index (χ1) is 42.5. The zero-order valence-electron chi connectivity index (χ0n) is 48.9. The number of nitrogens with zero attached hydrogens (tertiary/aromatic N) is 3. The Labute approximate surface area is 511 Å². The molecule has 0 bridgehead atoms. The summed E-state index contributed by atoms with van der Waals surface area (Å²) in [5.41, 5.74) is 1.17. The number of esters is 6. The molecule has 0 unspecified atom stereocenters. The van der Waals surface area contributed by atoms with Crippen LogP contribution in [0.3, 0.4) is 0 Å². The van der Waals surface area contributed by atoms with Gasteiger partial charge in [-0.25, -0.2) is 19.6 Å². The topological polar surface area (TPSA) is 214 Å². The van der Waals surface area contributed by atoms with Crippen LogP contribution in [0.4, 0.5) is 5.13 Å². The first kappa shape index (κ1) is 64.2. The molecular formula is C68H75N3O15S. The number of hydrazone groups is 1. The van der Waals surface area contributed by atoms with Crippen LogP contribution in [-0.4, -0.2) is 86.6 Å². The summed E-state index contributed by atoms with van der Waals surface area (Å²) in [7, 11) is 0. The van der Waals surface area contributed by atoms with Crippen molar-refractivity contribution in [2.75, 3.05) is 44.6 Å². The smallest absolute Gasteiger partial charge is 0.330 e. The normalized spacial score (nSPS) is 16.4. The Hall–Kier alpha value is -8.84. The van der Waals surface area contributed by atoms with Crippen molar-refractivity contribution in [2.24, 2.45) is 28.8 Å². The number of thiazole rings is 1. The Bertz CT molecular complexity index is 3210. The minimum atomic E-state index is -0.494. The van der Waals surface area contributed by atoms with Gasteiger partial charge in [0.15, 0.2) is 0 Å². The number of hydrogen-bond acceptors (Lipinski definition) is 19. The Morgan fingerprint density at radius 3 is 1.38 bits per heavy atom. The standard InChI is InChI=1S/C68H75N3O15S/c1-3-62(72)81-43-16-7-5-14-41-78-54-30-34-56(35-31-54)83-64(74)48-22-24-50(25-23-48)66(76)85-58-38-39-60(52(46-58)47-69-71(40-45-80-53-18-10-9-11-19-53)68-70-59-20-12-13-21-61(59)87-68)86-67(77)51-28-26-49(27-29-51)65(75)84-57-36-32-55(33-37-57)79-42-15-6-8-17-44-82-63(73)4-2/h3-4,9-13,18-21,30-39,46-51H,1-2,5-8,14-17,22-29,40-45H2/b69-47+/t48-,49-,50-,51-. The molecule has 87 heavy (non-hydrogen) atoms. The molecular weight excluding hydrogens is 1130 g/mol.